The van der Waals surface area contributed by atoms with E-state index in [1.54, 1.807) is 6.07 Å². The molecule has 2 aromatic heterocycles. The van der Waals surface area contributed by atoms with Crippen molar-refractivity contribution in [2.75, 3.05) is 11.5 Å². The number of hydrogen-bond acceptors (Lipinski definition) is 8. The van der Waals surface area contributed by atoms with Gasteiger partial charge in [0, 0.05) is 29.3 Å². The Bertz CT molecular complexity index is 940. The Kier molecular flexibility index (Phi) is 4.01. The van der Waals surface area contributed by atoms with Gasteiger partial charge < -0.3 is 21.0 Å². The topological polar surface area (TPSA) is 128 Å². The van der Waals surface area contributed by atoms with Crippen molar-refractivity contribution in [1.82, 2.24) is 9.97 Å². The molecule has 0 saturated heterocycles. The summed E-state index contributed by atoms with van der Waals surface area (Å²) in [4.78, 5) is 19.8. The van der Waals surface area contributed by atoms with Crippen molar-refractivity contribution in [3.63, 3.8) is 0 Å². The lowest BCUT2D eigenvalue weighted by atomic mass is 10.1. The summed E-state index contributed by atoms with van der Waals surface area (Å²) >= 11 is 7.19. The minimum atomic E-state index is -0.525. The zero-order chi connectivity index (χ0) is 16.6. The van der Waals surface area contributed by atoms with Gasteiger partial charge in [0.25, 0.3) is 0 Å². The summed E-state index contributed by atoms with van der Waals surface area (Å²) in [6.45, 7) is 0. The van der Waals surface area contributed by atoms with Gasteiger partial charge in [-0.05, 0) is 11.6 Å². The Labute approximate surface area is 139 Å². The van der Waals surface area contributed by atoms with Crippen LogP contribution in [0.3, 0.4) is 0 Å². The maximum absolute atomic E-state index is 11.7. The third-order valence-corrected chi connectivity index (χ3v) is 4.20. The quantitative estimate of drug-likeness (QED) is 0.373. The van der Waals surface area contributed by atoms with Crippen LogP contribution < -0.4 is 17.1 Å². The van der Waals surface area contributed by atoms with Crippen LogP contribution in [-0.4, -0.2) is 15.1 Å². The van der Waals surface area contributed by atoms with E-state index in [0.717, 1.165) is 0 Å². The van der Waals surface area contributed by atoms with Crippen LogP contribution in [-0.2, 0) is 5.75 Å². The van der Waals surface area contributed by atoms with Gasteiger partial charge in [-0.25, -0.2) is 14.8 Å². The molecule has 0 atom stereocenters. The molecule has 0 aliphatic carbocycles. The van der Waals surface area contributed by atoms with E-state index >= 15 is 0 Å². The van der Waals surface area contributed by atoms with Crippen LogP contribution in [0.5, 0.6) is 5.75 Å². The molecule has 1 aromatic carbocycles. The lowest BCUT2D eigenvalue weighted by Crippen LogP contribution is -2.01. The molecule has 3 aromatic rings. The number of halogens is 1. The first-order chi connectivity index (χ1) is 10.9. The molecule has 23 heavy (non-hydrogen) atoms. The predicted molar refractivity (Wildman–Crippen MR) is 89.6 cm³/mol. The van der Waals surface area contributed by atoms with Gasteiger partial charge >= 0.3 is 5.63 Å². The smallest absolute Gasteiger partial charge is 0.336 e. The maximum Gasteiger partial charge on any atom is 0.336 e. The first-order valence-corrected chi connectivity index (χ1v) is 7.77. The van der Waals surface area contributed by atoms with Crippen molar-refractivity contribution in [1.29, 1.82) is 0 Å². The highest BCUT2D eigenvalue weighted by atomic mass is 35.5. The van der Waals surface area contributed by atoms with Gasteiger partial charge in [-0.2, -0.15) is 0 Å². The number of nitrogens with two attached hydrogens (primary N) is 2. The minimum Gasteiger partial charge on any atom is -0.506 e. The molecule has 3 rings (SSSR count). The number of rotatable bonds is 3. The zero-order valence-electron chi connectivity index (χ0n) is 11.6. The van der Waals surface area contributed by atoms with E-state index in [2.05, 4.69) is 9.97 Å². The molecule has 0 bridgehead atoms. The average Bonchev–Trinajstić information content (AvgIpc) is 2.45. The molecule has 5 N–H and O–H groups in total. The van der Waals surface area contributed by atoms with Gasteiger partial charge in [0.05, 0.1) is 5.02 Å². The molecule has 0 fully saturated rings. The molecule has 0 aliphatic rings. The SMILES string of the molecule is Nc1cc(N)nc(SCc2cc(=O)oc3cc(O)c(Cl)cc23)n1. The Balaban J connectivity index is 1.99. The maximum atomic E-state index is 11.7. The number of aromatic nitrogens is 2. The van der Waals surface area contributed by atoms with Crippen LogP contribution in [0.4, 0.5) is 11.6 Å². The Morgan fingerprint density at radius 1 is 1.17 bits per heavy atom. The Morgan fingerprint density at radius 3 is 2.57 bits per heavy atom. The summed E-state index contributed by atoms with van der Waals surface area (Å²) < 4.78 is 5.07. The van der Waals surface area contributed by atoms with Crippen LogP contribution >= 0.6 is 23.4 Å². The lowest BCUT2D eigenvalue weighted by Gasteiger charge is -2.07. The van der Waals surface area contributed by atoms with Crippen molar-refractivity contribution in [2.45, 2.75) is 10.9 Å². The fraction of sp³-hybridized carbons (Fsp3) is 0.0714. The number of phenols is 1. The first-order valence-electron chi connectivity index (χ1n) is 6.40. The number of nitrogen functional groups attached to an aromatic ring is 2. The fourth-order valence-corrected chi connectivity index (χ4v) is 3.05. The van der Waals surface area contributed by atoms with E-state index in [0.29, 0.717) is 21.9 Å². The van der Waals surface area contributed by atoms with Crippen molar-refractivity contribution in [3.8, 4) is 5.75 Å². The summed E-state index contributed by atoms with van der Waals surface area (Å²) in [6, 6.07) is 5.67. The van der Waals surface area contributed by atoms with E-state index in [1.165, 1.54) is 30.0 Å². The number of benzene rings is 1. The molecule has 0 spiro atoms. The first kappa shape index (κ1) is 15.4. The van der Waals surface area contributed by atoms with Gasteiger partial charge in [-0.1, -0.05) is 23.4 Å². The van der Waals surface area contributed by atoms with E-state index < -0.39 is 5.63 Å². The molecule has 0 aliphatic heterocycles. The van der Waals surface area contributed by atoms with Crippen LogP contribution in [0.15, 0.2) is 38.6 Å². The molecule has 7 nitrogen and oxygen atoms in total. The Hall–Kier alpha value is -2.45. The third kappa shape index (κ3) is 3.33. The highest BCUT2D eigenvalue weighted by molar-refractivity contribution is 7.98. The largest absolute Gasteiger partial charge is 0.506 e. The molecule has 0 radical (unpaired) electrons. The van der Waals surface area contributed by atoms with E-state index in [4.69, 9.17) is 27.5 Å². The summed E-state index contributed by atoms with van der Waals surface area (Å²) in [5.41, 5.74) is 11.7. The second-order valence-corrected chi connectivity index (χ2v) is 6.03. The van der Waals surface area contributed by atoms with Gasteiger partial charge in [0.15, 0.2) is 5.16 Å². The van der Waals surface area contributed by atoms with Gasteiger partial charge in [0.2, 0.25) is 0 Å². The minimum absolute atomic E-state index is 0.154. The summed E-state index contributed by atoms with van der Waals surface area (Å²) in [6.07, 6.45) is 0. The molecular formula is C14H11ClN4O3S. The number of phenolic OH excluding ortho intramolecular Hbond substituents is 1. The molecule has 2 heterocycles. The fourth-order valence-electron chi connectivity index (χ4n) is 2.02. The number of nitrogens with zero attached hydrogens (tertiary/aromatic N) is 2. The molecule has 0 amide bonds. The van der Waals surface area contributed by atoms with Crippen LogP contribution in [0.25, 0.3) is 11.0 Å². The molecular weight excluding hydrogens is 340 g/mol. The Morgan fingerprint density at radius 2 is 1.87 bits per heavy atom. The van der Waals surface area contributed by atoms with Crippen molar-refractivity contribution in [3.05, 3.63) is 45.3 Å². The molecule has 0 unspecified atom stereocenters. The lowest BCUT2D eigenvalue weighted by molar-refractivity contribution is 0.473. The van der Waals surface area contributed by atoms with Gasteiger partial charge in [-0.15, -0.1) is 0 Å². The number of thioether (sulfide) groups is 1. The molecule has 9 heteroatoms. The average molecular weight is 351 g/mol. The number of fused-ring (bicyclic) bond motifs is 1. The number of anilines is 2. The van der Waals surface area contributed by atoms with E-state index in [9.17, 15) is 9.90 Å². The summed E-state index contributed by atoms with van der Waals surface area (Å²) in [7, 11) is 0. The van der Waals surface area contributed by atoms with Crippen LogP contribution in [0.1, 0.15) is 5.56 Å². The van der Waals surface area contributed by atoms with Crippen molar-refractivity contribution < 1.29 is 9.52 Å². The van der Waals surface area contributed by atoms with E-state index in [1.807, 2.05) is 0 Å². The highest BCUT2D eigenvalue weighted by Gasteiger charge is 2.11. The second kappa shape index (κ2) is 5.98. The number of hydrogen-bond donors (Lipinski definition) is 3. The number of aromatic hydroxyl groups is 1. The van der Waals surface area contributed by atoms with E-state index in [-0.39, 0.29) is 28.0 Å². The predicted octanol–water partition coefficient (Wildman–Crippen LogP) is 2.40. The zero-order valence-corrected chi connectivity index (χ0v) is 13.2. The second-order valence-electron chi connectivity index (χ2n) is 4.68. The van der Waals surface area contributed by atoms with Crippen LogP contribution in [0.2, 0.25) is 5.02 Å². The van der Waals surface area contributed by atoms with Crippen molar-refractivity contribution >= 4 is 46.0 Å². The van der Waals surface area contributed by atoms with Gasteiger partial charge in [0.1, 0.15) is 23.0 Å². The normalized spacial score (nSPS) is 11.0. The van der Waals surface area contributed by atoms with Crippen molar-refractivity contribution in [2.24, 2.45) is 0 Å². The molecule has 118 valence electrons. The monoisotopic (exact) mass is 350 g/mol. The van der Waals surface area contributed by atoms with Crippen LogP contribution in [0, 0.1) is 0 Å². The van der Waals surface area contributed by atoms with Gasteiger partial charge in [-0.3, -0.25) is 0 Å². The highest BCUT2D eigenvalue weighted by Crippen LogP contribution is 2.32. The summed E-state index contributed by atoms with van der Waals surface area (Å²) in [5.74, 6) is 0.765. The summed E-state index contributed by atoms with van der Waals surface area (Å²) in [5, 5.41) is 10.8. The standard InChI is InChI=1S/C14H11ClN4O3S/c15-8-2-7-6(1-13(21)22-10(7)3-9(8)20)5-23-14-18-11(16)4-12(17)19-14/h1-4,20H,5H2,(H4,16,17,18,19). The third-order valence-electron chi connectivity index (χ3n) is 3.00. The molecule has 0 saturated carbocycles.